The third-order valence-corrected chi connectivity index (χ3v) is 6.06. The van der Waals surface area contributed by atoms with E-state index in [4.69, 9.17) is 4.74 Å². The predicted octanol–water partition coefficient (Wildman–Crippen LogP) is 4.27. The number of amides is 1. The SMILES string of the molecule is CC(C)(C)[C@@](C)(O)COc1cc(C(=O)N[C@@H](CC(=O)O)c2ccc(F)cc2)nn1-c1ccccc1F. The quantitative estimate of drug-likeness (QED) is 0.404. The zero-order valence-electron chi connectivity index (χ0n) is 20.5. The lowest BCUT2D eigenvalue weighted by Crippen LogP contribution is -2.45. The molecule has 0 aliphatic rings. The molecule has 1 heterocycles. The second kappa shape index (κ2) is 10.4. The van der Waals surface area contributed by atoms with Crippen molar-refractivity contribution >= 4 is 11.9 Å². The van der Waals surface area contributed by atoms with Crippen molar-refractivity contribution in [2.75, 3.05) is 6.61 Å². The summed E-state index contributed by atoms with van der Waals surface area (Å²) in [4.78, 5) is 24.4. The molecule has 8 nitrogen and oxygen atoms in total. The Kier molecular flexibility index (Phi) is 7.78. The lowest BCUT2D eigenvalue weighted by atomic mass is 9.78. The van der Waals surface area contributed by atoms with Gasteiger partial charge in [-0.1, -0.05) is 45.0 Å². The summed E-state index contributed by atoms with van der Waals surface area (Å²) in [6.45, 7) is 6.93. The third-order valence-electron chi connectivity index (χ3n) is 6.06. The Balaban J connectivity index is 1.95. The number of carbonyl (C=O) groups is 2. The Bertz CT molecular complexity index is 1230. The molecule has 3 N–H and O–H groups in total. The van der Waals surface area contributed by atoms with E-state index in [1.165, 1.54) is 36.4 Å². The Labute approximate surface area is 207 Å². The van der Waals surface area contributed by atoms with Crippen LogP contribution in [0.15, 0.2) is 54.6 Å². The number of hydrogen-bond donors (Lipinski definition) is 3. The summed E-state index contributed by atoms with van der Waals surface area (Å²) in [6.07, 6.45) is -0.455. The number of ether oxygens (including phenoxy) is 1. The van der Waals surface area contributed by atoms with E-state index in [-0.39, 0.29) is 23.9 Å². The van der Waals surface area contributed by atoms with Gasteiger partial charge in [0.1, 0.15) is 29.5 Å². The summed E-state index contributed by atoms with van der Waals surface area (Å²) in [5.74, 6) is -3.03. The number of carbonyl (C=O) groups excluding carboxylic acids is 1. The van der Waals surface area contributed by atoms with Gasteiger partial charge in [0, 0.05) is 6.07 Å². The largest absolute Gasteiger partial charge is 0.481 e. The molecule has 10 heteroatoms. The summed E-state index contributed by atoms with van der Waals surface area (Å²) in [7, 11) is 0. The van der Waals surface area contributed by atoms with Crippen LogP contribution in [0.2, 0.25) is 0 Å². The molecule has 1 amide bonds. The first-order valence-electron chi connectivity index (χ1n) is 11.3. The number of nitrogens with one attached hydrogen (secondary N) is 1. The number of carboxylic acids is 1. The van der Waals surface area contributed by atoms with E-state index in [2.05, 4.69) is 10.4 Å². The molecule has 3 aromatic rings. The van der Waals surface area contributed by atoms with E-state index in [0.29, 0.717) is 5.56 Å². The zero-order chi connectivity index (χ0) is 26.7. The van der Waals surface area contributed by atoms with Crippen molar-refractivity contribution in [1.29, 1.82) is 0 Å². The fraction of sp³-hybridized carbons (Fsp3) is 0.346. The molecule has 0 aliphatic carbocycles. The summed E-state index contributed by atoms with van der Waals surface area (Å²) in [5, 5.41) is 26.9. The maximum absolute atomic E-state index is 14.6. The molecule has 0 saturated heterocycles. The molecule has 0 spiro atoms. The van der Waals surface area contributed by atoms with Gasteiger partial charge in [0.15, 0.2) is 5.69 Å². The molecule has 36 heavy (non-hydrogen) atoms. The fourth-order valence-electron chi connectivity index (χ4n) is 3.16. The Hall–Kier alpha value is -3.79. The molecule has 0 fully saturated rings. The average molecular weight is 502 g/mol. The highest BCUT2D eigenvalue weighted by atomic mass is 19.1. The lowest BCUT2D eigenvalue weighted by molar-refractivity contribution is -0.137. The van der Waals surface area contributed by atoms with E-state index in [1.807, 2.05) is 20.8 Å². The second-order valence-corrected chi connectivity index (χ2v) is 9.72. The van der Waals surface area contributed by atoms with Crippen LogP contribution in [0.25, 0.3) is 5.69 Å². The van der Waals surface area contributed by atoms with Gasteiger partial charge < -0.3 is 20.3 Å². The van der Waals surface area contributed by atoms with Gasteiger partial charge in [-0.2, -0.15) is 9.78 Å². The van der Waals surface area contributed by atoms with E-state index in [9.17, 15) is 28.6 Å². The number of aliphatic carboxylic acids is 1. The van der Waals surface area contributed by atoms with Crippen molar-refractivity contribution in [3.8, 4) is 11.6 Å². The zero-order valence-corrected chi connectivity index (χ0v) is 20.5. The van der Waals surface area contributed by atoms with Gasteiger partial charge in [0.25, 0.3) is 5.91 Å². The van der Waals surface area contributed by atoms with Crippen LogP contribution in [0.4, 0.5) is 8.78 Å². The molecule has 192 valence electrons. The molecule has 0 unspecified atom stereocenters. The fourth-order valence-corrected chi connectivity index (χ4v) is 3.16. The number of halogens is 2. The van der Waals surface area contributed by atoms with Crippen molar-refractivity contribution in [3.63, 3.8) is 0 Å². The molecular formula is C26H29F2N3O5. The smallest absolute Gasteiger partial charge is 0.305 e. The molecule has 0 aliphatic heterocycles. The van der Waals surface area contributed by atoms with Crippen LogP contribution in [0.3, 0.4) is 0 Å². The molecule has 2 atom stereocenters. The van der Waals surface area contributed by atoms with Crippen LogP contribution < -0.4 is 10.1 Å². The summed E-state index contributed by atoms with van der Waals surface area (Å²) in [6, 6.07) is 11.2. The summed E-state index contributed by atoms with van der Waals surface area (Å²) >= 11 is 0. The predicted molar refractivity (Wildman–Crippen MR) is 128 cm³/mol. The van der Waals surface area contributed by atoms with Crippen molar-refractivity contribution in [3.05, 3.63) is 77.5 Å². The van der Waals surface area contributed by atoms with Gasteiger partial charge in [-0.25, -0.2) is 8.78 Å². The highest BCUT2D eigenvalue weighted by molar-refractivity contribution is 5.93. The van der Waals surface area contributed by atoms with Crippen molar-refractivity contribution in [1.82, 2.24) is 15.1 Å². The first-order chi connectivity index (χ1) is 16.8. The third kappa shape index (κ3) is 6.25. The number of nitrogens with zero attached hydrogens (tertiary/aromatic N) is 2. The van der Waals surface area contributed by atoms with Crippen molar-refractivity contribution < 1.29 is 33.3 Å². The first-order valence-corrected chi connectivity index (χ1v) is 11.3. The van der Waals surface area contributed by atoms with E-state index in [1.54, 1.807) is 13.0 Å². The topological polar surface area (TPSA) is 114 Å². The highest BCUT2D eigenvalue weighted by Crippen LogP contribution is 2.31. The van der Waals surface area contributed by atoms with Crippen LogP contribution in [-0.2, 0) is 4.79 Å². The van der Waals surface area contributed by atoms with E-state index in [0.717, 1.165) is 16.8 Å². The van der Waals surface area contributed by atoms with Gasteiger partial charge in [-0.05, 0) is 42.2 Å². The van der Waals surface area contributed by atoms with Crippen molar-refractivity contribution in [2.24, 2.45) is 5.41 Å². The Morgan fingerprint density at radius 3 is 2.31 bits per heavy atom. The van der Waals surface area contributed by atoms with Crippen molar-refractivity contribution in [2.45, 2.75) is 45.8 Å². The minimum Gasteiger partial charge on any atom is -0.481 e. The molecule has 3 rings (SSSR count). The maximum atomic E-state index is 14.6. The lowest BCUT2D eigenvalue weighted by Gasteiger charge is -2.36. The standard InChI is InChI=1S/C26H29F2N3O5/c1-25(2,3)26(4,35)15-36-22-13-20(30-31(22)21-8-6-5-7-18(21)28)24(34)29-19(14-23(32)33)16-9-11-17(27)12-10-16/h5-13,19,35H,14-15H2,1-4H3,(H,29,34)(H,32,33)/t19-,26-/m0/s1. The maximum Gasteiger partial charge on any atom is 0.305 e. The Morgan fingerprint density at radius 2 is 1.72 bits per heavy atom. The summed E-state index contributed by atoms with van der Waals surface area (Å²) < 4.78 is 34.8. The first kappa shape index (κ1) is 26.8. The molecule has 2 aromatic carbocycles. The molecule has 0 bridgehead atoms. The van der Waals surface area contributed by atoms with Gasteiger partial charge in [-0.3, -0.25) is 9.59 Å². The van der Waals surface area contributed by atoms with Crippen LogP contribution in [0.5, 0.6) is 5.88 Å². The summed E-state index contributed by atoms with van der Waals surface area (Å²) in [5.41, 5.74) is -1.58. The number of aromatic nitrogens is 2. The number of carboxylic acid groups (broad SMARTS) is 1. The monoisotopic (exact) mass is 501 g/mol. The molecule has 0 saturated carbocycles. The normalized spacial score (nSPS) is 14.1. The van der Waals surface area contributed by atoms with Crippen LogP contribution >= 0.6 is 0 Å². The van der Waals surface area contributed by atoms with Crippen LogP contribution in [0, 0.1) is 17.0 Å². The second-order valence-electron chi connectivity index (χ2n) is 9.72. The van der Waals surface area contributed by atoms with Gasteiger partial charge in [-0.15, -0.1) is 0 Å². The number of rotatable bonds is 9. The number of hydrogen-bond acceptors (Lipinski definition) is 5. The van der Waals surface area contributed by atoms with Crippen LogP contribution in [-0.4, -0.2) is 44.1 Å². The molecule has 1 aromatic heterocycles. The van der Waals surface area contributed by atoms with Gasteiger partial charge in [0.05, 0.1) is 12.5 Å². The number of aliphatic hydroxyl groups is 1. The average Bonchev–Trinajstić information content (AvgIpc) is 3.21. The van der Waals surface area contributed by atoms with E-state index < -0.39 is 47.0 Å². The van der Waals surface area contributed by atoms with Gasteiger partial charge >= 0.3 is 5.97 Å². The minimum absolute atomic E-state index is 0.00587. The van der Waals surface area contributed by atoms with Crippen LogP contribution in [0.1, 0.15) is 56.2 Å². The van der Waals surface area contributed by atoms with Gasteiger partial charge in [0.2, 0.25) is 5.88 Å². The Morgan fingerprint density at radius 1 is 1.08 bits per heavy atom. The van der Waals surface area contributed by atoms with E-state index >= 15 is 0 Å². The molecular weight excluding hydrogens is 472 g/mol. The number of para-hydroxylation sites is 1. The molecule has 0 radical (unpaired) electrons. The highest BCUT2D eigenvalue weighted by Gasteiger charge is 2.36. The minimum atomic E-state index is -1.27. The number of benzene rings is 2.